The Kier molecular flexibility index (Phi) is 4.13. The van der Waals surface area contributed by atoms with Gasteiger partial charge in [0.25, 0.3) is 0 Å². The molecule has 0 bridgehead atoms. The quantitative estimate of drug-likeness (QED) is 0.375. The lowest BCUT2D eigenvalue weighted by molar-refractivity contribution is 0.195. The Labute approximate surface area is 110 Å². The first-order chi connectivity index (χ1) is 8.27. The summed E-state index contributed by atoms with van der Waals surface area (Å²) >= 11 is 5.78. The summed E-state index contributed by atoms with van der Waals surface area (Å²) in [6.45, 7) is 5.18. The number of nitrogens with zero attached hydrogens (tertiary/aromatic N) is 3. The van der Waals surface area contributed by atoms with Crippen LogP contribution in [0, 0.1) is 0 Å². The molecule has 0 unspecified atom stereocenters. The molecular formula is C11H14ClN3O3. The molecule has 0 radical (unpaired) electrons. The number of rotatable bonds is 2. The van der Waals surface area contributed by atoms with E-state index >= 15 is 0 Å². The van der Waals surface area contributed by atoms with Crippen LogP contribution in [0.1, 0.15) is 26.3 Å². The van der Waals surface area contributed by atoms with Gasteiger partial charge < -0.3 is 10.3 Å². The van der Waals surface area contributed by atoms with Crippen molar-refractivity contribution >= 4 is 29.7 Å². The van der Waals surface area contributed by atoms with Crippen molar-refractivity contribution < 1.29 is 15.1 Å². The molecule has 0 aliphatic heterocycles. The van der Waals surface area contributed by atoms with E-state index in [1.54, 1.807) is 20.8 Å². The van der Waals surface area contributed by atoms with Crippen molar-refractivity contribution in [3.8, 4) is 0 Å². The van der Waals surface area contributed by atoms with E-state index in [4.69, 9.17) is 16.8 Å². The normalized spacial score (nSPS) is 11.8. The maximum absolute atomic E-state index is 11.4. The molecule has 98 valence electrons. The standard InChI is InChI=1S/C11H14ClN3O3/c1-11(2,3)15(10(16)17)9-7(6-13-18)4-5-8(12)14-9/h4-6,18H,1-3H3,(H,16,17). The van der Waals surface area contributed by atoms with Gasteiger partial charge in [0, 0.05) is 11.1 Å². The Morgan fingerprint density at radius 1 is 1.50 bits per heavy atom. The molecule has 0 saturated heterocycles. The smallest absolute Gasteiger partial charge is 0.413 e. The van der Waals surface area contributed by atoms with Crippen molar-refractivity contribution in [2.24, 2.45) is 5.16 Å². The lowest BCUT2D eigenvalue weighted by Gasteiger charge is -2.32. The molecule has 0 aromatic carbocycles. The third-order valence-corrected chi connectivity index (χ3v) is 2.35. The zero-order valence-corrected chi connectivity index (χ0v) is 11.0. The number of carboxylic acid groups (broad SMARTS) is 1. The highest BCUT2D eigenvalue weighted by Crippen LogP contribution is 2.26. The van der Waals surface area contributed by atoms with Gasteiger partial charge in [0.2, 0.25) is 0 Å². The fraction of sp³-hybridized carbons (Fsp3) is 0.364. The zero-order chi connectivity index (χ0) is 13.9. The number of halogens is 1. The van der Waals surface area contributed by atoms with Crippen molar-refractivity contribution in [1.82, 2.24) is 4.98 Å². The Bertz CT molecular complexity index is 483. The van der Waals surface area contributed by atoms with Crippen LogP contribution in [0.3, 0.4) is 0 Å². The summed E-state index contributed by atoms with van der Waals surface area (Å²) in [5.41, 5.74) is -0.346. The lowest BCUT2D eigenvalue weighted by atomic mass is 10.1. The molecular weight excluding hydrogens is 258 g/mol. The van der Waals surface area contributed by atoms with Gasteiger partial charge in [-0.1, -0.05) is 16.8 Å². The van der Waals surface area contributed by atoms with Crippen LogP contribution in [0.2, 0.25) is 5.15 Å². The van der Waals surface area contributed by atoms with Crippen LogP contribution in [-0.4, -0.2) is 33.1 Å². The van der Waals surface area contributed by atoms with Crippen LogP contribution < -0.4 is 4.90 Å². The summed E-state index contributed by atoms with van der Waals surface area (Å²) in [5, 5.41) is 20.9. The molecule has 7 heteroatoms. The lowest BCUT2D eigenvalue weighted by Crippen LogP contribution is -2.46. The second-order valence-electron chi connectivity index (χ2n) is 4.58. The summed E-state index contributed by atoms with van der Waals surface area (Å²) in [4.78, 5) is 16.4. The van der Waals surface area contributed by atoms with Crippen molar-refractivity contribution in [1.29, 1.82) is 0 Å². The van der Waals surface area contributed by atoms with Gasteiger partial charge in [-0.15, -0.1) is 0 Å². The number of pyridine rings is 1. The van der Waals surface area contributed by atoms with Gasteiger partial charge in [-0.05, 0) is 32.9 Å². The Balaban J connectivity index is 3.44. The Morgan fingerprint density at radius 2 is 2.11 bits per heavy atom. The van der Waals surface area contributed by atoms with E-state index in [1.165, 1.54) is 12.1 Å². The monoisotopic (exact) mass is 271 g/mol. The minimum atomic E-state index is -1.16. The molecule has 0 aliphatic rings. The largest absolute Gasteiger partial charge is 0.465 e. The van der Waals surface area contributed by atoms with E-state index in [0.717, 1.165) is 11.1 Å². The first-order valence-electron chi connectivity index (χ1n) is 5.14. The number of hydrogen-bond donors (Lipinski definition) is 2. The van der Waals surface area contributed by atoms with Gasteiger partial charge in [-0.3, -0.25) is 4.90 Å². The summed E-state index contributed by atoms with van der Waals surface area (Å²) < 4.78 is 0. The average Bonchev–Trinajstić information content (AvgIpc) is 2.19. The maximum atomic E-state index is 11.4. The predicted molar refractivity (Wildman–Crippen MR) is 68.9 cm³/mol. The molecule has 0 aliphatic carbocycles. The summed E-state index contributed by atoms with van der Waals surface area (Å²) in [5.74, 6) is 0.125. The van der Waals surface area contributed by atoms with Crippen molar-refractivity contribution in [3.05, 3.63) is 22.8 Å². The molecule has 0 fully saturated rings. The number of oxime groups is 1. The predicted octanol–water partition coefficient (Wildman–Crippen LogP) is 2.83. The number of anilines is 1. The number of hydrogen-bond acceptors (Lipinski definition) is 4. The van der Waals surface area contributed by atoms with Crippen LogP contribution in [0.15, 0.2) is 17.3 Å². The molecule has 1 amide bonds. The number of carbonyl (C=O) groups is 1. The zero-order valence-electron chi connectivity index (χ0n) is 10.3. The topological polar surface area (TPSA) is 86.0 Å². The van der Waals surface area contributed by atoms with E-state index in [0.29, 0.717) is 5.56 Å². The van der Waals surface area contributed by atoms with Crippen LogP contribution in [-0.2, 0) is 0 Å². The first kappa shape index (κ1) is 14.2. The van der Waals surface area contributed by atoms with Gasteiger partial charge in [0.1, 0.15) is 11.0 Å². The highest BCUT2D eigenvalue weighted by atomic mass is 35.5. The third kappa shape index (κ3) is 3.10. The van der Waals surface area contributed by atoms with Crippen LogP contribution in [0.25, 0.3) is 0 Å². The Hall–Kier alpha value is -1.82. The number of amides is 1. The highest BCUT2D eigenvalue weighted by Gasteiger charge is 2.30. The highest BCUT2D eigenvalue weighted by molar-refractivity contribution is 6.29. The van der Waals surface area contributed by atoms with Gasteiger partial charge in [-0.25, -0.2) is 9.78 Å². The molecule has 1 aromatic rings. The second-order valence-corrected chi connectivity index (χ2v) is 4.97. The van der Waals surface area contributed by atoms with Gasteiger partial charge in [0.05, 0.1) is 6.21 Å². The second kappa shape index (κ2) is 5.22. The summed E-state index contributed by atoms with van der Waals surface area (Å²) in [7, 11) is 0. The summed E-state index contributed by atoms with van der Waals surface area (Å²) in [6, 6.07) is 3.02. The van der Waals surface area contributed by atoms with E-state index in [2.05, 4.69) is 10.1 Å². The van der Waals surface area contributed by atoms with E-state index < -0.39 is 11.6 Å². The van der Waals surface area contributed by atoms with Crippen LogP contribution in [0.5, 0.6) is 0 Å². The first-order valence-corrected chi connectivity index (χ1v) is 5.52. The van der Waals surface area contributed by atoms with Crippen molar-refractivity contribution in [2.45, 2.75) is 26.3 Å². The SMILES string of the molecule is CC(C)(C)N(C(=O)O)c1nc(Cl)ccc1C=NO. The van der Waals surface area contributed by atoms with Crippen LogP contribution in [0.4, 0.5) is 10.6 Å². The molecule has 0 atom stereocenters. The maximum Gasteiger partial charge on any atom is 0.413 e. The third-order valence-electron chi connectivity index (χ3n) is 2.14. The minimum Gasteiger partial charge on any atom is -0.465 e. The fourth-order valence-corrected chi connectivity index (χ4v) is 1.62. The van der Waals surface area contributed by atoms with E-state index in [-0.39, 0.29) is 11.0 Å². The van der Waals surface area contributed by atoms with Crippen LogP contribution >= 0.6 is 11.6 Å². The fourth-order valence-electron chi connectivity index (χ4n) is 1.47. The molecule has 1 rings (SSSR count). The molecule has 0 spiro atoms. The minimum absolute atomic E-state index is 0.125. The molecule has 18 heavy (non-hydrogen) atoms. The molecule has 2 N–H and O–H groups in total. The van der Waals surface area contributed by atoms with Gasteiger partial charge in [-0.2, -0.15) is 0 Å². The Morgan fingerprint density at radius 3 is 2.56 bits per heavy atom. The average molecular weight is 272 g/mol. The van der Waals surface area contributed by atoms with Gasteiger partial charge in [0.15, 0.2) is 0 Å². The molecule has 1 aromatic heterocycles. The molecule has 6 nitrogen and oxygen atoms in total. The number of aromatic nitrogens is 1. The summed E-state index contributed by atoms with van der Waals surface area (Å²) in [6.07, 6.45) is -0.0507. The van der Waals surface area contributed by atoms with Crippen molar-refractivity contribution in [2.75, 3.05) is 4.90 Å². The molecule has 1 heterocycles. The van der Waals surface area contributed by atoms with Crippen molar-refractivity contribution in [3.63, 3.8) is 0 Å². The van der Waals surface area contributed by atoms with Gasteiger partial charge >= 0.3 is 6.09 Å². The van der Waals surface area contributed by atoms with E-state index in [9.17, 15) is 9.90 Å². The molecule has 0 saturated carbocycles. The van der Waals surface area contributed by atoms with E-state index in [1.807, 2.05) is 0 Å².